The monoisotopic (exact) mass is 445 g/mol. The molecule has 33 heavy (non-hydrogen) atoms. The fourth-order valence-electron chi connectivity index (χ4n) is 3.17. The molecule has 6 nitrogen and oxygen atoms in total. The molecule has 0 aliphatic carbocycles. The summed E-state index contributed by atoms with van der Waals surface area (Å²) < 4.78 is 21.3. The van der Waals surface area contributed by atoms with Crippen LogP contribution >= 0.6 is 0 Å². The molecule has 0 bridgehead atoms. The van der Waals surface area contributed by atoms with Gasteiger partial charge in [-0.25, -0.2) is 0 Å². The lowest BCUT2D eigenvalue weighted by molar-refractivity contribution is 0.104. The van der Waals surface area contributed by atoms with Gasteiger partial charge in [-0.1, -0.05) is 36.4 Å². The molecule has 0 aromatic heterocycles. The van der Waals surface area contributed by atoms with Gasteiger partial charge in [0.05, 0.1) is 28.4 Å². The van der Waals surface area contributed by atoms with Crippen LogP contribution in [0.15, 0.2) is 72.9 Å². The van der Waals surface area contributed by atoms with Crippen LogP contribution in [0.25, 0.3) is 12.2 Å². The predicted molar refractivity (Wildman–Crippen MR) is 132 cm³/mol. The average Bonchev–Trinajstić information content (AvgIpc) is 2.87. The van der Waals surface area contributed by atoms with Crippen molar-refractivity contribution in [3.05, 3.63) is 89.6 Å². The molecule has 0 unspecified atom stereocenters. The number of methoxy groups -OCH3 is 4. The lowest BCUT2D eigenvalue weighted by Gasteiger charge is -2.12. The van der Waals surface area contributed by atoms with Crippen LogP contribution in [0.1, 0.15) is 21.5 Å². The van der Waals surface area contributed by atoms with E-state index in [1.54, 1.807) is 58.9 Å². The van der Waals surface area contributed by atoms with E-state index in [-0.39, 0.29) is 5.78 Å². The van der Waals surface area contributed by atoms with Crippen molar-refractivity contribution in [1.82, 2.24) is 0 Å². The van der Waals surface area contributed by atoms with Crippen molar-refractivity contribution in [1.29, 1.82) is 0 Å². The number of nitrogens with one attached hydrogen (secondary N) is 1. The van der Waals surface area contributed by atoms with Gasteiger partial charge in [-0.05, 0) is 47.5 Å². The number of rotatable bonds is 10. The van der Waals surface area contributed by atoms with Crippen molar-refractivity contribution in [2.75, 3.05) is 33.8 Å². The summed E-state index contributed by atoms with van der Waals surface area (Å²) in [7, 11) is 6.34. The van der Waals surface area contributed by atoms with Crippen LogP contribution in [-0.4, -0.2) is 34.2 Å². The lowest BCUT2D eigenvalue weighted by Crippen LogP contribution is -1.97. The van der Waals surface area contributed by atoms with Crippen molar-refractivity contribution in [2.24, 2.45) is 0 Å². The van der Waals surface area contributed by atoms with Gasteiger partial charge in [0, 0.05) is 23.5 Å². The summed E-state index contributed by atoms with van der Waals surface area (Å²) in [4.78, 5) is 12.3. The van der Waals surface area contributed by atoms with Gasteiger partial charge in [0.2, 0.25) is 5.75 Å². The Bertz CT molecular complexity index is 1120. The van der Waals surface area contributed by atoms with Gasteiger partial charge in [-0.15, -0.1) is 0 Å². The number of ether oxygens (including phenoxy) is 4. The largest absolute Gasteiger partial charge is 0.497 e. The fourth-order valence-corrected chi connectivity index (χ4v) is 3.17. The molecule has 0 spiro atoms. The maximum Gasteiger partial charge on any atom is 0.203 e. The minimum absolute atomic E-state index is 0.105. The first kappa shape index (κ1) is 23.5. The lowest BCUT2D eigenvalue weighted by atomic mass is 10.1. The van der Waals surface area contributed by atoms with Gasteiger partial charge >= 0.3 is 0 Å². The van der Waals surface area contributed by atoms with E-state index in [1.165, 1.54) is 6.08 Å². The number of allylic oxidation sites excluding steroid dienone is 1. The summed E-state index contributed by atoms with van der Waals surface area (Å²) in [5, 5.41) is 3.11. The fraction of sp³-hybridized carbons (Fsp3) is 0.148. The third-order valence-electron chi connectivity index (χ3n) is 4.90. The Kier molecular flexibility index (Phi) is 8.13. The minimum atomic E-state index is -0.105. The molecule has 0 saturated carbocycles. The van der Waals surface area contributed by atoms with E-state index in [0.717, 1.165) is 16.8 Å². The summed E-state index contributed by atoms with van der Waals surface area (Å²) in [6.07, 6.45) is 7.09. The molecule has 1 N–H and O–H groups in total. The first-order valence-electron chi connectivity index (χ1n) is 10.3. The zero-order valence-electron chi connectivity index (χ0n) is 19.1. The number of hydrogen-bond donors (Lipinski definition) is 1. The van der Waals surface area contributed by atoms with E-state index in [9.17, 15) is 4.79 Å². The van der Waals surface area contributed by atoms with Crippen molar-refractivity contribution >= 4 is 23.6 Å². The Labute approximate surface area is 194 Å². The number of anilines is 1. The zero-order chi connectivity index (χ0) is 23.6. The Balaban J connectivity index is 1.64. The molecular formula is C27H27NO5. The van der Waals surface area contributed by atoms with Crippen LogP contribution < -0.4 is 24.3 Å². The number of carbonyl (C=O) groups is 1. The molecule has 0 fully saturated rings. The normalized spacial score (nSPS) is 10.9. The first-order chi connectivity index (χ1) is 16.1. The molecule has 0 heterocycles. The number of benzene rings is 3. The van der Waals surface area contributed by atoms with E-state index < -0.39 is 0 Å². The van der Waals surface area contributed by atoms with Crippen LogP contribution in [0, 0.1) is 0 Å². The smallest absolute Gasteiger partial charge is 0.203 e. The highest BCUT2D eigenvalue weighted by molar-refractivity contribution is 6.04. The molecule has 3 aromatic carbocycles. The van der Waals surface area contributed by atoms with Gasteiger partial charge in [0.1, 0.15) is 5.75 Å². The molecule has 3 aromatic rings. The van der Waals surface area contributed by atoms with Crippen LogP contribution in [0.2, 0.25) is 0 Å². The topological polar surface area (TPSA) is 66.0 Å². The third kappa shape index (κ3) is 6.17. The Morgan fingerprint density at radius 2 is 1.42 bits per heavy atom. The average molecular weight is 446 g/mol. The zero-order valence-corrected chi connectivity index (χ0v) is 19.1. The molecule has 0 amide bonds. The van der Waals surface area contributed by atoms with Crippen molar-refractivity contribution < 1.29 is 23.7 Å². The van der Waals surface area contributed by atoms with E-state index >= 15 is 0 Å². The maximum absolute atomic E-state index is 12.3. The summed E-state index contributed by atoms with van der Waals surface area (Å²) in [5.41, 5.74) is 3.38. The summed E-state index contributed by atoms with van der Waals surface area (Å²) in [6.45, 7) is 0. The van der Waals surface area contributed by atoms with E-state index in [2.05, 4.69) is 5.32 Å². The standard InChI is InChI=1S/C27H27NO5/c1-30-23-7-5-6-21(18-23)24(29)14-15-28-22-12-10-19(11-13-22)8-9-20-16-25(31-2)27(33-4)26(17-20)32-3/h5-18,28H,1-4H3. The molecule has 0 radical (unpaired) electrons. The first-order valence-corrected chi connectivity index (χ1v) is 10.3. The van der Waals surface area contributed by atoms with Crippen molar-refractivity contribution in [3.63, 3.8) is 0 Å². The van der Waals surface area contributed by atoms with E-state index in [1.807, 2.05) is 48.6 Å². The highest BCUT2D eigenvalue weighted by atomic mass is 16.5. The Morgan fingerprint density at radius 3 is 2.03 bits per heavy atom. The summed E-state index contributed by atoms with van der Waals surface area (Å²) >= 11 is 0. The van der Waals surface area contributed by atoms with Crippen molar-refractivity contribution in [3.8, 4) is 23.0 Å². The second-order valence-electron chi connectivity index (χ2n) is 6.99. The van der Waals surface area contributed by atoms with E-state index in [0.29, 0.717) is 28.6 Å². The molecule has 0 saturated heterocycles. The second-order valence-corrected chi connectivity index (χ2v) is 6.99. The Morgan fingerprint density at radius 1 is 0.758 bits per heavy atom. The summed E-state index contributed by atoms with van der Waals surface area (Å²) in [5.74, 6) is 2.31. The molecular weight excluding hydrogens is 418 g/mol. The van der Waals surface area contributed by atoms with Crippen LogP contribution in [0.3, 0.4) is 0 Å². The quantitative estimate of drug-likeness (QED) is 0.245. The van der Waals surface area contributed by atoms with Gasteiger partial charge in [0.15, 0.2) is 17.3 Å². The number of ketones is 1. The highest BCUT2D eigenvalue weighted by Gasteiger charge is 2.12. The predicted octanol–water partition coefficient (Wildman–Crippen LogP) is 5.70. The van der Waals surface area contributed by atoms with Crippen LogP contribution in [0.5, 0.6) is 23.0 Å². The second kappa shape index (κ2) is 11.4. The minimum Gasteiger partial charge on any atom is -0.497 e. The molecule has 0 aliphatic heterocycles. The van der Waals surface area contributed by atoms with E-state index in [4.69, 9.17) is 18.9 Å². The van der Waals surface area contributed by atoms with Crippen LogP contribution in [0.4, 0.5) is 5.69 Å². The van der Waals surface area contributed by atoms with Crippen molar-refractivity contribution in [2.45, 2.75) is 0 Å². The molecule has 170 valence electrons. The highest BCUT2D eigenvalue weighted by Crippen LogP contribution is 2.38. The summed E-state index contributed by atoms with van der Waals surface area (Å²) in [6, 6.07) is 18.7. The SMILES string of the molecule is COc1cccc(C(=O)C=CNc2ccc(C=Cc3cc(OC)c(OC)c(OC)c3)cc2)c1. The Hall–Kier alpha value is -4.19. The molecule has 0 aliphatic rings. The van der Waals surface area contributed by atoms with Gasteiger partial charge in [-0.3, -0.25) is 4.79 Å². The molecule has 6 heteroatoms. The van der Waals surface area contributed by atoms with Crippen LogP contribution in [-0.2, 0) is 0 Å². The van der Waals surface area contributed by atoms with Gasteiger partial charge in [-0.2, -0.15) is 0 Å². The molecule has 0 atom stereocenters. The number of hydrogen-bond acceptors (Lipinski definition) is 6. The maximum atomic E-state index is 12.3. The molecule has 3 rings (SSSR count). The number of carbonyl (C=O) groups excluding carboxylic acids is 1. The third-order valence-corrected chi connectivity index (χ3v) is 4.90. The van der Waals surface area contributed by atoms with Gasteiger partial charge in [0.25, 0.3) is 0 Å². The van der Waals surface area contributed by atoms with Gasteiger partial charge < -0.3 is 24.3 Å².